The average molecular weight is 1450 g/mol. The van der Waals surface area contributed by atoms with E-state index in [0.717, 1.165) is 29.0 Å². The molecule has 0 amide bonds. The van der Waals surface area contributed by atoms with E-state index in [1.165, 1.54) is 77.2 Å². The van der Waals surface area contributed by atoms with Crippen LogP contribution in [-0.4, -0.2) is 16.3 Å². The molecule has 103 heavy (non-hydrogen) atoms. The second-order valence-corrected chi connectivity index (χ2v) is 34.0. The standard InChI is InChI=1S/C12H15F3.C11H13F3O.C11H13F3.C11H15F.2C11H16.C10H12F3N.C10H15N/c1-8-5-6-9(11(2,3)4)7-10(8)12(13,14)15;1-10(2,3)8-5-4-6-9(7-8)15-11(12,13)14;1-10(2,3)8-5-4-6-9(7-8)11(12,13)14;1-8-5-6-9(7-10(8)12)11(2,3)4;2*1-9-5-7-10(8-6-9)11(2,3)4;1-9(2,3)7-5-4-6-8(14-7)10(11,12)13;1-8-5-6-9(11-7-8)10(2,3)4/h5-7H,1-4H3;4-7H,1-3H3;4-7H,1-3H3;5-7H,1-4H3;2*5-8H,1-4H3;4-6H,1-3H3;5-7H,1-4H3. The molecule has 0 aliphatic rings. The lowest BCUT2D eigenvalue weighted by Gasteiger charge is -2.21. The Bertz CT molecular complexity index is 3560. The fourth-order valence-corrected chi connectivity index (χ4v) is 8.80. The van der Waals surface area contributed by atoms with Gasteiger partial charge in [0.1, 0.15) is 17.3 Å². The number of alkyl halides is 12. The van der Waals surface area contributed by atoms with E-state index in [4.69, 9.17) is 0 Å². The number of hydrogen-bond donors (Lipinski definition) is 0. The molecule has 2 heterocycles. The van der Waals surface area contributed by atoms with Crippen molar-refractivity contribution in [3.8, 4) is 5.75 Å². The Labute approximate surface area is 609 Å². The van der Waals surface area contributed by atoms with Gasteiger partial charge in [-0.25, -0.2) is 9.37 Å². The molecule has 0 saturated heterocycles. The van der Waals surface area contributed by atoms with E-state index in [2.05, 4.69) is 179 Å². The van der Waals surface area contributed by atoms with Gasteiger partial charge in [-0.2, -0.15) is 39.5 Å². The van der Waals surface area contributed by atoms with Crippen LogP contribution in [-0.2, 0) is 61.8 Å². The maximum Gasteiger partial charge on any atom is 0.573 e. The number of aromatic nitrogens is 2. The second-order valence-electron chi connectivity index (χ2n) is 34.0. The Morgan fingerprint density at radius 1 is 0.272 bits per heavy atom. The van der Waals surface area contributed by atoms with Crippen molar-refractivity contribution in [2.45, 2.75) is 269 Å². The van der Waals surface area contributed by atoms with Crippen LogP contribution in [0.1, 0.15) is 256 Å². The number of halogens is 13. The first kappa shape index (κ1) is 93.5. The SMILES string of the molecule is CC(C)(C)c1cccc(C(F)(F)F)c1.CC(C)(C)c1cccc(C(F)(F)F)n1.CC(C)(C)c1cccc(OC(F)(F)F)c1.Cc1ccc(C(C)(C)C)cc1.Cc1ccc(C(C)(C)C)cc1.Cc1ccc(C(C)(C)C)cc1C(F)(F)F.Cc1ccc(C(C)(C)C)cc1F.Cc1ccc(C(C)(C)C)nc1. The zero-order valence-electron chi connectivity index (χ0n) is 66.4. The summed E-state index contributed by atoms with van der Waals surface area (Å²) in [7, 11) is 0. The normalized spacial score (nSPS) is 12.4. The van der Waals surface area contributed by atoms with Crippen LogP contribution in [0.25, 0.3) is 0 Å². The summed E-state index contributed by atoms with van der Waals surface area (Å²) in [6.45, 7) is 58.4. The molecule has 0 bridgehead atoms. The van der Waals surface area contributed by atoms with E-state index in [1.807, 2.05) is 101 Å². The topological polar surface area (TPSA) is 35.0 Å². The molecule has 8 aromatic rings. The average Bonchev–Trinajstić information content (AvgIpc) is 0.813. The van der Waals surface area contributed by atoms with Gasteiger partial charge in [-0.1, -0.05) is 293 Å². The molecule has 3 nitrogen and oxygen atoms in total. The fourth-order valence-electron chi connectivity index (χ4n) is 8.80. The summed E-state index contributed by atoms with van der Waals surface area (Å²) in [5.74, 6) is -0.280. The number of benzene rings is 6. The highest BCUT2D eigenvalue weighted by atomic mass is 19.4. The van der Waals surface area contributed by atoms with Crippen LogP contribution in [0.3, 0.4) is 0 Å². The Hall–Kier alpha value is -7.49. The Morgan fingerprint density at radius 3 is 0.961 bits per heavy atom. The summed E-state index contributed by atoms with van der Waals surface area (Å²) in [6, 6.07) is 47.1. The largest absolute Gasteiger partial charge is 0.573 e. The highest BCUT2D eigenvalue weighted by Gasteiger charge is 2.36. The van der Waals surface area contributed by atoms with Crippen LogP contribution in [0.5, 0.6) is 5.75 Å². The van der Waals surface area contributed by atoms with Crippen LogP contribution < -0.4 is 4.74 Å². The van der Waals surface area contributed by atoms with Crippen LogP contribution in [0.4, 0.5) is 57.1 Å². The predicted octanol–water partition coefficient (Wildman–Crippen LogP) is 28.3. The van der Waals surface area contributed by atoms with E-state index in [0.29, 0.717) is 22.4 Å². The highest BCUT2D eigenvalue weighted by molar-refractivity contribution is 5.37. The first-order valence-electron chi connectivity index (χ1n) is 34.2. The summed E-state index contributed by atoms with van der Waals surface area (Å²) in [4.78, 5) is 7.94. The summed E-state index contributed by atoms with van der Waals surface area (Å²) in [6.07, 6.45) is -15.6. The van der Waals surface area contributed by atoms with Crippen molar-refractivity contribution in [2.75, 3.05) is 0 Å². The van der Waals surface area contributed by atoms with Crippen LogP contribution >= 0.6 is 0 Å². The van der Waals surface area contributed by atoms with Gasteiger partial charge in [-0.15, -0.1) is 13.2 Å². The van der Waals surface area contributed by atoms with Crippen LogP contribution in [0, 0.1) is 40.4 Å². The molecule has 2 aromatic heterocycles. The quantitative estimate of drug-likeness (QED) is 0.154. The van der Waals surface area contributed by atoms with Crippen molar-refractivity contribution < 1.29 is 61.8 Å². The van der Waals surface area contributed by atoms with E-state index < -0.39 is 41.7 Å². The van der Waals surface area contributed by atoms with E-state index >= 15 is 0 Å². The minimum Gasteiger partial charge on any atom is -0.406 e. The maximum absolute atomic E-state index is 13.1. The molecule has 0 radical (unpaired) electrons. The van der Waals surface area contributed by atoms with E-state index in [1.54, 1.807) is 43.3 Å². The molecule has 0 atom stereocenters. The van der Waals surface area contributed by atoms with Crippen molar-refractivity contribution in [2.24, 2.45) is 0 Å². The maximum atomic E-state index is 13.1. The number of nitrogens with zero attached hydrogens (tertiary/aromatic N) is 2. The van der Waals surface area contributed by atoms with Crippen molar-refractivity contribution in [3.05, 3.63) is 265 Å². The lowest BCUT2D eigenvalue weighted by Crippen LogP contribution is -2.18. The van der Waals surface area contributed by atoms with Crippen LogP contribution in [0.15, 0.2) is 170 Å². The smallest absolute Gasteiger partial charge is 0.406 e. The molecule has 570 valence electrons. The molecule has 0 spiro atoms. The van der Waals surface area contributed by atoms with Gasteiger partial charge in [0.25, 0.3) is 0 Å². The number of pyridine rings is 2. The monoisotopic (exact) mass is 1450 g/mol. The minimum atomic E-state index is -4.63. The number of rotatable bonds is 1. The molecule has 0 N–H and O–H groups in total. The van der Waals surface area contributed by atoms with Gasteiger partial charge in [-0.05, 0) is 166 Å². The molecule has 0 saturated carbocycles. The Kier molecular flexibility index (Phi) is 33.6. The van der Waals surface area contributed by atoms with Crippen molar-refractivity contribution >= 4 is 0 Å². The summed E-state index contributed by atoms with van der Waals surface area (Å²) in [5, 5.41) is 0. The van der Waals surface area contributed by atoms with Gasteiger partial charge in [0, 0.05) is 28.4 Å². The number of ether oxygens (including phenoxy) is 1. The fraction of sp³-hybridized carbons (Fsp3) is 0.471. The third-order valence-electron chi connectivity index (χ3n) is 15.8. The van der Waals surface area contributed by atoms with E-state index in [-0.39, 0.29) is 60.5 Å². The molecule has 0 unspecified atom stereocenters. The molecule has 0 fully saturated rings. The van der Waals surface area contributed by atoms with E-state index in [9.17, 15) is 57.1 Å². The molecular weight excluding hydrogens is 1340 g/mol. The van der Waals surface area contributed by atoms with Gasteiger partial charge < -0.3 is 4.74 Å². The third-order valence-corrected chi connectivity index (χ3v) is 15.8. The van der Waals surface area contributed by atoms with Gasteiger partial charge in [0.15, 0.2) is 0 Å². The van der Waals surface area contributed by atoms with Crippen LogP contribution in [0.2, 0.25) is 0 Å². The highest BCUT2D eigenvalue weighted by Crippen LogP contribution is 2.37. The number of hydrogen-bond acceptors (Lipinski definition) is 3. The minimum absolute atomic E-state index is 0.0362. The molecule has 16 heteroatoms. The first-order chi connectivity index (χ1) is 46.1. The van der Waals surface area contributed by atoms with Gasteiger partial charge in [-0.3, -0.25) is 4.98 Å². The van der Waals surface area contributed by atoms with Gasteiger partial charge >= 0.3 is 24.9 Å². The van der Waals surface area contributed by atoms with Crippen molar-refractivity contribution in [3.63, 3.8) is 0 Å². The molecular formula is C87H115F13N2O. The zero-order valence-corrected chi connectivity index (χ0v) is 66.4. The molecule has 0 aliphatic heterocycles. The molecule has 0 aliphatic carbocycles. The summed E-state index contributed by atoms with van der Waals surface area (Å²) in [5.41, 5.74) is 10.3. The van der Waals surface area contributed by atoms with Crippen molar-refractivity contribution in [1.29, 1.82) is 0 Å². The molecule has 6 aromatic carbocycles. The van der Waals surface area contributed by atoms with Crippen molar-refractivity contribution in [1.82, 2.24) is 9.97 Å². The Balaban J connectivity index is 0.000000590. The predicted molar refractivity (Wildman–Crippen MR) is 402 cm³/mol. The third kappa shape index (κ3) is 36.2. The zero-order chi connectivity index (χ0) is 80.3. The lowest BCUT2D eigenvalue weighted by molar-refractivity contribution is -0.274. The van der Waals surface area contributed by atoms with Gasteiger partial charge in [0.05, 0.1) is 11.1 Å². The first-order valence-corrected chi connectivity index (χ1v) is 34.2. The molecule has 8 rings (SSSR count). The van der Waals surface area contributed by atoms with Gasteiger partial charge in [0.2, 0.25) is 0 Å². The summed E-state index contributed by atoms with van der Waals surface area (Å²) < 4.78 is 165. The summed E-state index contributed by atoms with van der Waals surface area (Å²) >= 11 is 0. The second kappa shape index (κ2) is 37.0. The number of aryl methyl sites for hydroxylation is 5. The Morgan fingerprint density at radius 2 is 0.612 bits per heavy atom. The lowest BCUT2D eigenvalue weighted by atomic mass is 9.85.